The molecule has 27 heavy (non-hydrogen) atoms. The van der Waals surface area contributed by atoms with E-state index in [2.05, 4.69) is 5.16 Å². The molecule has 1 aromatic carbocycles. The van der Waals surface area contributed by atoms with Crippen LogP contribution in [-0.2, 0) is 14.8 Å². The quantitative estimate of drug-likeness (QED) is 0.704. The molecule has 2 heterocycles. The van der Waals surface area contributed by atoms with E-state index in [4.69, 9.17) is 4.52 Å². The summed E-state index contributed by atoms with van der Waals surface area (Å²) in [5.41, 5.74) is 1.54. The molecule has 0 N–H and O–H groups in total. The molecule has 1 fully saturated rings. The van der Waals surface area contributed by atoms with Crippen molar-refractivity contribution in [3.63, 3.8) is 0 Å². The molecule has 0 unspecified atom stereocenters. The summed E-state index contributed by atoms with van der Waals surface area (Å²) in [4.78, 5) is 15.4. The van der Waals surface area contributed by atoms with Crippen LogP contribution in [0, 0.1) is 20.8 Å². The number of aromatic nitrogens is 1. The van der Waals surface area contributed by atoms with E-state index in [0.29, 0.717) is 30.3 Å². The van der Waals surface area contributed by atoms with Crippen LogP contribution in [0.5, 0.6) is 0 Å². The Balaban J connectivity index is 1.56. The lowest BCUT2D eigenvalue weighted by atomic mass is 10.2. The molecule has 0 bridgehead atoms. The van der Waals surface area contributed by atoms with Gasteiger partial charge in [-0.25, -0.2) is 8.42 Å². The maximum atomic E-state index is 12.8. The van der Waals surface area contributed by atoms with E-state index in [-0.39, 0.29) is 23.9 Å². The highest BCUT2D eigenvalue weighted by Crippen LogP contribution is 2.24. The van der Waals surface area contributed by atoms with E-state index in [9.17, 15) is 13.2 Å². The molecule has 0 spiro atoms. The van der Waals surface area contributed by atoms with Gasteiger partial charge in [0.2, 0.25) is 15.9 Å². The summed E-state index contributed by atoms with van der Waals surface area (Å²) in [6.07, 6.45) is 0. The van der Waals surface area contributed by atoms with Crippen LogP contribution >= 0.6 is 11.8 Å². The second-order valence-electron chi connectivity index (χ2n) is 6.54. The zero-order chi connectivity index (χ0) is 19.6. The van der Waals surface area contributed by atoms with Gasteiger partial charge in [0.25, 0.3) is 0 Å². The Morgan fingerprint density at radius 2 is 1.74 bits per heavy atom. The third-order valence-electron chi connectivity index (χ3n) is 4.54. The minimum absolute atomic E-state index is 0.0231. The summed E-state index contributed by atoms with van der Waals surface area (Å²) >= 11 is 1.50. The Hall–Kier alpha value is -1.84. The molecule has 0 radical (unpaired) electrons. The number of carbonyl (C=O) groups excluding carboxylic acids is 1. The number of sulfonamides is 1. The van der Waals surface area contributed by atoms with Gasteiger partial charge in [-0.15, -0.1) is 11.8 Å². The lowest BCUT2D eigenvalue weighted by molar-refractivity contribution is -0.129. The topological polar surface area (TPSA) is 83.7 Å². The van der Waals surface area contributed by atoms with Crippen molar-refractivity contribution in [2.45, 2.75) is 30.6 Å². The number of carbonyl (C=O) groups is 1. The van der Waals surface area contributed by atoms with Gasteiger partial charge in [0.1, 0.15) is 10.6 Å². The highest BCUT2D eigenvalue weighted by molar-refractivity contribution is 8.00. The average Bonchev–Trinajstić information content (AvgIpc) is 3.00. The zero-order valence-corrected chi connectivity index (χ0v) is 17.3. The lowest BCUT2D eigenvalue weighted by Gasteiger charge is -2.33. The minimum Gasteiger partial charge on any atom is -0.360 e. The first kappa shape index (κ1) is 19.9. The maximum absolute atomic E-state index is 12.8. The molecule has 1 aliphatic heterocycles. The van der Waals surface area contributed by atoms with Crippen LogP contribution in [0.4, 0.5) is 0 Å². The van der Waals surface area contributed by atoms with Crippen molar-refractivity contribution in [2.75, 3.05) is 31.9 Å². The van der Waals surface area contributed by atoms with Crippen molar-refractivity contribution in [2.24, 2.45) is 0 Å². The number of aryl methyl sites for hydroxylation is 3. The number of nitrogens with zero attached hydrogens (tertiary/aromatic N) is 3. The number of hydrogen-bond acceptors (Lipinski definition) is 6. The van der Waals surface area contributed by atoms with Crippen LogP contribution < -0.4 is 0 Å². The molecule has 0 aliphatic carbocycles. The molecular weight excluding hydrogens is 386 g/mol. The number of benzene rings is 1. The molecule has 0 saturated carbocycles. The first-order valence-corrected chi connectivity index (χ1v) is 11.1. The van der Waals surface area contributed by atoms with Crippen molar-refractivity contribution in [1.82, 2.24) is 14.4 Å². The lowest BCUT2D eigenvalue weighted by Crippen LogP contribution is -2.51. The Bertz CT molecular complexity index is 895. The van der Waals surface area contributed by atoms with E-state index in [0.717, 1.165) is 4.90 Å². The van der Waals surface area contributed by atoms with E-state index in [1.807, 2.05) is 31.2 Å². The number of hydrogen-bond donors (Lipinski definition) is 0. The predicted molar refractivity (Wildman–Crippen MR) is 103 cm³/mol. The van der Waals surface area contributed by atoms with Crippen LogP contribution in [0.3, 0.4) is 0 Å². The summed E-state index contributed by atoms with van der Waals surface area (Å²) in [6, 6.07) is 8.04. The van der Waals surface area contributed by atoms with Gasteiger partial charge in [-0.1, -0.05) is 22.9 Å². The van der Waals surface area contributed by atoms with Gasteiger partial charge >= 0.3 is 0 Å². The normalized spacial score (nSPS) is 15.9. The Morgan fingerprint density at radius 1 is 1.11 bits per heavy atom. The number of piperazine rings is 1. The van der Waals surface area contributed by atoms with Crippen LogP contribution in [0.2, 0.25) is 0 Å². The molecule has 1 saturated heterocycles. The van der Waals surface area contributed by atoms with Crippen molar-refractivity contribution < 1.29 is 17.7 Å². The molecule has 0 atom stereocenters. The molecule has 3 rings (SSSR count). The van der Waals surface area contributed by atoms with Gasteiger partial charge < -0.3 is 9.42 Å². The van der Waals surface area contributed by atoms with Gasteiger partial charge in [-0.2, -0.15) is 4.31 Å². The predicted octanol–water partition coefficient (Wildman–Crippen LogP) is 2.23. The second kappa shape index (κ2) is 8.04. The monoisotopic (exact) mass is 409 g/mol. The minimum atomic E-state index is -3.65. The molecule has 1 aliphatic rings. The first-order chi connectivity index (χ1) is 12.8. The molecule has 1 amide bonds. The van der Waals surface area contributed by atoms with Crippen LogP contribution in [0.25, 0.3) is 0 Å². The van der Waals surface area contributed by atoms with Gasteiger partial charge in [-0.3, -0.25) is 4.79 Å². The first-order valence-electron chi connectivity index (χ1n) is 8.69. The fourth-order valence-corrected chi connectivity index (χ4v) is 5.54. The third-order valence-corrected chi connectivity index (χ3v) is 7.68. The summed E-state index contributed by atoms with van der Waals surface area (Å²) < 4.78 is 32.0. The number of amides is 1. The fraction of sp³-hybridized carbons (Fsp3) is 0.444. The standard InChI is InChI=1S/C18H23N3O4S2/c1-13-4-6-16(7-5-13)26-12-17(22)20-8-10-21(11-9-20)27(23,24)18-14(2)19-25-15(18)3/h4-7H,8-12H2,1-3H3. The number of rotatable bonds is 5. The molecule has 2 aromatic rings. The van der Waals surface area contributed by atoms with Crippen LogP contribution in [0.1, 0.15) is 17.0 Å². The van der Waals surface area contributed by atoms with Crippen molar-refractivity contribution in [3.8, 4) is 0 Å². The van der Waals surface area contributed by atoms with E-state index in [1.54, 1.807) is 18.7 Å². The van der Waals surface area contributed by atoms with E-state index < -0.39 is 10.0 Å². The second-order valence-corrected chi connectivity index (χ2v) is 9.46. The molecule has 1 aromatic heterocycles. The Morgan fingerprint density at radius 3 is 2.30 bits per heavy atom. The average molecular weight is 410 g/mol. The van der Waals surface area contributed by atoms with Crippen molar-refractivity contribution in [1.29, 1.82) is 0 Å². The SMILES string of the molecule is Cc1ccc(SCC(=O)N2CCN(S(=O)(=O)c3c(C)noc3C)CC2)cc1. The summed E-state index contributed by atoms with van der Waals surface area (Å²) in [6.45, 7) is 6.54. The van der Waals surface area contributed by atoms with E-state index in [1.165, 1.54) is 21.6 Å². The van der Waals surface area contributed by atoms with Crippen molar-refractivity contribution in [3.05, 3.63) is 41.3 Å². The maximum Gasteiger partial charge on any atom is 0.248 e. The zero-order valence-electron chi connectivity index (χ0n) is 15.6. The van der Waals surface area contributed by atoms with Gasteiger partial charge in [0, 0.05) is 31.1 Å². The van der Waals surface area contributed by atoms with E-state index >= 15 is 0 Å². The summed E-state index contributed by atoms with van der Waals surface area (Å²) in [5, 5.41) is 3.73. The molecule has 146 valence electrons. The van der Waals surface area contributed by atoms with Gasteiger partial charge in [0.15, 0.2) is 5.76 Å². The smallest absolute Gasteiger partial charge is 0.248 e. The van der Waals surface area contributed by atoms with Crippen LogP contribution in [-0.4, -0.2) is 60.6 Å². The highest BCUT2D eigenvalue weighted by Gasteiger charge is 2.34. The third kappa shape index (κ3) is 4.36. The Kier molecular flexibility index (Phi) is 5.92. The fourth-order valence-electron chi connectivity index (χ4n) is 3.02. The summed E-state index contributed by atoms with van der Waals surface area (Å²) in [5.74, 6) is 0.662. The molecular formula is C18H23N3O4S2. The summed E-state index contributed by atoms with van der Waals surface area (Å²) in [7, 11) is -3.65. The molecule has 9 heteroatoms. The van der Waals surface area contributed by atoms with Gasteiger partial charge in [-0.05, 0) is 32.9 Å². The van der Waals surface area contributed by atoms with Crippen molar-refractivity contribution >= 4 is 27.7 Å². The Labute approximate surface area is 163 Å². The van der Waals surface area contributed by atoms with Crippen LogP contribution in [0.15, 0.2) is 38.6 Å². The molecule has 7 nitrogen and oxygen atoms in total. The van der Waals surface area contributed by atoms with Gasteiger partial charge in [0.05, 0.1) is 5.75 Å². The highest BCUT2D eigenvalue weighted by atomic mass is 32.2. The number of thioether (sulfide) groups is 1. The largest absolute Gasteiger partial charge is 0.360 e.